The summed E-state index contributed by atoms with van der Waals surface area (Å²) < 4.78 is 10.8. The van der Waals surface area contributed by atoms with Crippen LogP contribution in [0.25, 0.3) is 0 Å². The van der Waals surface area contributed by atoms with Crippen molar-refractivity contribution in [1.82, 2.24) is 25.2 Å². The zero-order chi connectivity index (χ0) is 21.9. The van der Waals surface area contributed by atoms with Crippen LogP contribution in [0.4, 0.5) is 11.6 Å². The van der Waals surface area contributed by atoms with Crippen LogP contribution >= 0.6 is 0 Å². The number of carbonyl (C=O) groups is 1. The maximum Gasteiger partial charge on any atom is 0.276 e. The normalized spacial score (nSPS) is 22.5. The molecule has 3 fully saturated rings. The van der Waals surface area contributed by atoms with Gasteiger partial charge in [0.15, 0.2) is 17.3 Å². The number of aromatic nitrogens is 3. The summed E-state index contributed by atoms with van der Waals surface area (Å²) >= 11 is 0. The summed E-state index contributed by atoms with van der Waals surface area (Å²) in [7, 11) is 0. The van der Waals surface area contributed by atoms with E-state index in [9.17, 15) is 4.79 Å². The maximum atomic E-state index is 12.5. The minimum Gasteiger partial charge on any atom is -0.377 e. The second-order valence-electron chi connectivity index (χ2n) is 8.77. The standard InChI is InChI=1S/C22H31N7O3/c1-17-15-19(25-32-17)22(30)29-12-10-28(11-13-29)21-5-4-20(23-24-21)27-8-6-26(7-9-27)16-18-3-2-14-31-18/h4-5,15,18H,2-3,6-14,16H2,1H3. The highest BCUT2D eigenvalue weighted by atomic mass is 16.5. The summed E-state index contributed by atoms with van der Waals surface area (Å²) in [4.78, 5) is 21.3. The van der Waals surface area contributed by atoms with Gasteiger partial charge in [0.2, 0.25) is 0 Å². The number of rotatable bonds is 5. The average Bonchev–Trinajstić information content (AvgIpc) is 3.51. The number of anilines is 2. The monoisotopic (exact) mass is 441 g/mol. The van der Waals surface area contributed by atoms with Gasteiger partial charge < -0.3 is 24.0 Å². The van der Waals surface area contributed by atoms with Crippen LogP contribution in [-0.4, -0.2) is 103 Å². The van der Waals surface area contributed by atoms with Crippen LogP contribution in [0.2, 0.25) is 0 Å². The molecule has 0 bridgehead atoms. The second kappa shape index (κ2) is 9.41. The summed E-state index contributed by atoms with van der Waals surface area (Å²) in [5.41, 5.74) is 0.371. The van der Waals surface area contributed by atoms with Gasteiger partial charge in [-0.3, -0.25) is 9.69 Å². The molecule has 3 aliphatic rings. The molecule has 10 nitrogen and oxygen atoms in total. The van der Waals surface area contributed by atoms with Crippen molar-refractivity contribution >= 4 is 17.5 Å². The minimum atomic E-state index is -0.0819. The number of nitrogens with zero attached hydrogens (tertiary/aromatic N) is 7. The Kier molecular flexibility index (Phi) is 6.22. The third-order valence-electron chi connectivity index (χ3n) is 6.56. The molecule has 1 amide bonds. The fourth-order valence-electron chi connectivity index (χ4n) is 4.66. The number of carbonyl (C=O) groups excluding carboxylic acids is 1. The van der Waals surface area contributed by atoms with Crippen LogP contribution < -0.4 is 9.80 Å². The molecule has 0 spiro atoms. The van der Waals surface area contributed by atoms with Crippen molar-refractivity contribution in [3.8, 4) is 0 Å². The summed E-state index contributed by atoms with van der Waals surface area (Å²) in [6.07, 6.45) is 2.80. The zero-order valence-electron chi connectivity index (χ0n) is 18.6. The molecule has 2 aromatic heterocycles. The van der Waals surface area contributed by atoms with Gasteiger partial charge in [0.05, 0.1) is 6.10 Å². The van der Waals surface area contributed by atoms with Crippen molar-refractivity contribution in [2.75, 3.05) is 75.3 Å². The van der Waals surface area contributed by atoms with E-state index >= 15 is 0 Å². The highest BCUT2D eigenvalue weighted by Crippen LogP contribution is 2.20. The first-order chi connectivity index (χ1) is 15.7. The lowest BCUT2D eigenvalue weighted by atomic mass is 10.2. The lowest BCUT2D eigenvalue weighted by Gasteiger charge is -2.36. The molecule has 0 N–H and O–H groups in total. The molecule has 10 heteroatoms. The van der Waals surface area contributed by atoms with Crippen molar-refractivity contribution in [3.05, 3.63) is 29.7 Å². The molecule has 5 rings (SSSR count). The number of amides is 1. The van der Waals surface area contributed by atoms with E-state index in [1.807, 2.05) is 11.0 Å². The van der Waals surface area contributed by atoms with Gasteiger partial charge in [0.25, 0.3) is 5.91 Å². The van der Waals surface area contributed by atoms with E-state index in [0.29, 0.717) is 30.6 Å². The molecular formula is C22H31N7O3. The van der Waals surface area contributed by atoms with Crippen LogP contribution in [0.1, 0.15) is 29.1 Å². The van der Waals surface area contributed by atoms with Gasteiger partial charge in [-0.1, -0.05) is 5.16 Å². The fraction of sp³-hybridized carbons (Fsp3) is 0.636. The summed E-state index contributed by atoms with van der Waals surface area (Å²) in [6.45, 7) is 10.4. The molecule has 172 valence electrons. The molecule has 5 heterocycles. The molecule has 0 aromatic carbocycles. The molecule has 0 aliphatic carbocycles. The molecule has 0 radical (unpaired) electrons. The highest BCUT2D eigenvalue weighted by Gasteiger charge is 2.26. The summed E-state index contributed by atoms with van der Waals surface area (Å²) in [5, 5.41) is 12.8. The number of hydrogen-bond donors (Lipinski definition) is 0. The van der Waals surface area contributed by atoms with E-state index in [2.05, 4.69) is 36.1 Å². The Balaban J connectivity index is 1.10. The Morgan fingerprint density at radius 3 is 2.19 bits per heavy atom. The van der Waals surface area contributed by atoms with E-state index in [-0.39, 0.29) is 5.91 Å². The molecule has 3 aliphatic heterocycles. The SMILES string of the molecule is Cc1cc(C(=O)N2CCN(c3ccc(N4CCN(CC5CCCO5)CC4)nn3)CC2)no1. The summed E-state index contributed by atoms with van der Waals surface area (Å²) in [5.74, 6) is 2.35. The number of aryl methyl sites for hydroxylation is 1. The van der Waals surface area contributed by atoms with Crippen LogP contribution in [0.3, 0.4) is 0 Å². The maximum absolute atomic E-state index is 12.5. The van der Waals surface area contributed by atoms with Gasteiger partial charge in [-0.25, -0.2) is 0 Å². The third-order valence-corrected chi connectivity index (χ3v) is 6.56. The van der Waals surface area contributed by atoms with E-state index < -0.39 is 0 Å². The Morgan fingerprint density at radius 2 is 1.66 bits per heavy atom. The second-order valence-corrected chi connectivity index (χ2v) is 8.77. The van der Waals surface area contributed by atoms with Crippen molar-refractivity contribution in [2.24, 2.45) is 0 Å². The van der Waals surface area contributed by atoms with E-state index in [0.717, 1.165) is 64.1 Å². The van der Waals surface area contributed by atoms with E-state index in [1.54, 1.807) is 13.0 Å². The zero-order valence-corrected chi connectivity index (χ0v) is 18.6. The Morgan fingerprint density at radius 1 is 1.00 bits per heavy atom. The van der Waals surface area contributed by atoms with Crippen molar-refractivity contribution in [1.29, 1.82) is 0 Å². The van der Waals surface area contributed by atoms with Gasteiger partial charge >= 0.3 is 0 Å². The largest absolute Gasteiger partial charge is 0.377 e. The average molecular weight is 442 g/mol. The van der Waals surface area contributed by atoms with Gasteiger partial charge in [0, 0.05) is 71.6 Å². The first-order valence-electron chi connectivity index (χ1n) is 11.6. The van der Waals surface area contributed by atoms with E-state index in [1.165, 1.54) is 12.8 Å². The summed E-state index contributed by atoms with van der Waals surface area (Å²) in [6, 6.07) is 5.79. The predicted molar refractivity (Wildman–Crippen MR) is 119 cm³/mol. The molecule has 1 atom stereocenters. The van der Waals surface area contributed by atoms with Crippen LogP contribution in [0.5, 0.6) is 0 Å². The Bertz CT molecular complexity index is 897. The lowest BCUT2D eigenvalue weighted by Crippen LogP contribution is -2.49. The highest BCUT2D eigenvalue weighted by molar-refractivity contribution is 5.92. The van der Waals surface area contributed by atoms with Crippen molar-refractivity contribution in [3.63, 3.8) is 0 Å². The van der Waals surface area contributed by atoms with Gasteiger partial charge in [-0.05, 0) is 31.9 Å². The van der Waals surface area contributed by atoms with Crippen LogP contribution in [-0.2, 0) is 4.74 Å². The van der Waals surface area contributed by atoms with Crippen molar-refractivity contribution in [2.45, 2.75) is 25.9 Å². The van der Waals surface area contributed by atoms with Gasteiger partial charge in [0.1, 0.15) is 5.76 Å². The molecule has 3 saturated heterocycles. The fourth-order valence-corrected chi connectivity index (χ4v) is 4.66. The van der Waals surface area contributed by atoms with Gasteiger partial charge in [-0.2, -0.15) is 0 Å². The van der Waals surface area contributed by atoms with Crippen molar-refractivity contribution < 1.29 is 14.1 Å². The lowest BCUT2D eigenvalue weighted by molar-refractivity contribution is 0.0712. The quantitative estimate of drug-likeness (QED) is 0.675. The molecule has 1 unspecified atom stereocenters. The topological polar surface area (TPSA) is 91.1 Å². The predicted octanol–water partition coefficient (Wildman–Crippen LogP) is 1.04. The first-order valence-corrected chi connectivity index (χ1v) is 11.6. The Hall–Kier alpha value is -2.72. The first kappa shape index (κ1) is 21.1. The van der Waals surface area contributed by atoms with Crippen LogP contribution in [0, 0.1) is 6.92 Å². The minimum absolute atomic E-state index is 0.0819. The molecule has 2 aromatic rings. The van der Waals surface area contributed by atoms with Gasteiger partial charge in [-0.15, -0.1) is 10.2 Å². The smallest absolute Gasteiger partial charge is 0.276 e. The third kappa shape index (κ3) is 4.71. The van der Waals surface area contributed by atoms with Crippen LogP contribution in [0.15, 0.2) is 22.7 Å². The number of piperazine rings is 2. The molecule has 32 heavy (non-hydrogen) atoms. The number of ether oxygens (including phenoxy) is 1. The molecule has 0 saturated carbocycles. The Labute approximate surface area is 188 Å². The number of hydrogen-bond acceptors (Lipinski definition) is 9. The molecular weight excluding hydrogens is 410 g/mol. The van der Waals surface area contributed by atoms with E-state index in [4.69, 9.17) is 9.26 Å².